The van der Waals surface area contributed by atoms with Crippen LogP contribution in [0.5, 0.6) is 11.5 Å². The molecule has 0 aliphatic carbocycles. The second-order valence-corrected chi connectivity index (χ2v) is 8.58. The van der Waals surface area contributed by atoms with Gasteiger partial charge in [0.05, 0.1) is 22.2 Å². The van der Waals surface area contributed by atoms with Crippen LogP contribution in [0, 0.1) is 5.92 Å². The first-order valence-corrected chi connectivity index (χ1v) is 10.6. The number of aromatic hydroxyl groups is 2. The molecule has 0 spiro atoms. The lowest BCUT2D eigenvalue weighted by Gasteiger charge is -2.45. The number of anilines is 1. The van der Waals surface area contributed by atoms with Crippen LogP contribution in [-0.4, -0.2) is 55.7 Å². The minimum atomic E-state index is -0.305. The molecule has 2 aromatic carbocycles. The molecule has 2 aromatic heterocycles. The summed E-state index contributed by atoms with van der Waals surface area (Å²) in [5.41, 5.74) is 2.82. The highest BCUT2D eigenvalue weighted by Crippen LogP contribution is 2.38. The van der Waals surface area contributed by atoms with Crippen LogP contribution >= 0.6 is 0 Å². The van der Waals surface area contributed by atoms with E-state index in [9.17, 15) is 15.0 Å². The lowest BCUT2D eigenvalue weighted by molar-refractivity contribution is 0.0976. The number of pyridine rings is 1. The molecule has 8 heteroatoms. The molecule has 31 heavy (non-hydrogen) atoms. The molecule has 8 nitrogen and oxygen atoms in total. The number of fused-ring (bicyclic) bond motifs is 5. The number of benzene rings is 2. The molecule has 3 saturated heterocycles. The van der Waals surface area contributed by atoms with E-state index >= 15 is 0 Å². The molecule has 158 valence electrons. The van der Waals surface area contributed by atoms with Gasteiger partial charge in [0.1, 0.15) is 11.4 Å². The molecule has 3 aliphatic heterocycles. The first kappa shape index (κ1) is 18.3. The zero-order valence-corrected chi connectivity index (χ0v) is 16.9. The van der Waals surface area contributed by atoms with Crippen molar-refractivity contribution in [2.75, 3.05) is 25.0 Å². The maximum atomic E-state index is 13.2. The second kappa shape index (κ2) is 6.75. The molecule has 0 radical (unpaired) electrons. The highest BCUT2D eigenvalue weighted by molar-refractivity contribution is 6.00. The van der Waals surface area contributed by atoms with Crippen LogP contribution in [0.15, 0.2) is 41.2 Å². The summed E-state index contributed by atoms with van der Waals surface area (Å²) in [6.45, 7) is 3.15. The average molecular weight is 417 g/mol. The number of phenols is 2. The smallest absolute Gasteiger partial charge is 0.261 e. The predicted octanol–water partition coefficient (Wildman–Crippen LogP) is 2.99. The highest BCUT2D eigenvalue weighted by atomic mass is 16.3. The molecule has 0 saturated carbocycles. The van der Waals surface area contributed by atoms with E-state index in [2.05, 4.69) is 25.2 Å². The van der Waals surface area contributed by atoms with Crippen molar-refractivity contribution in [1.29, 1.82) is 0 Å². The van der Waals surface area contributed by atoms with Crippen molar-refractivity contribution in [3.8, 4) is 22.9 Å². The fourth-order valence-electron chi connectivity index (χ4n) is 5.08. The molecule has 3 aliphatic rings. The molecule has 0 amide bonds. The van der Waals surface area contributed by atoms with E-state index in [0.717, 1.165) is 43.5 Å². The van der Waals surface area contributed by atoms with Gasteiger partial charge in [-0.05, 0) is 50.0 Å². The number of aromatic amines is 2. The van der Waals surface area contributed by atoms with E-state index < -0.39 is 0 Å². The number of para-hydroxylation sites is 2. The summed E-state index contributed by atoms with van der Waals surface area (Å²) in [4.78, 5) is 26.4. The number of imidazole rings is 1. The van der Waals surface area contributed by atoms with Gasteiger partial charge < -0.3 is 30.4 Å². The maximum Gasteiger partial charge on any atom is 0.261 e. The molecule has 5 N–H and O–H groups in total. The van der Waals surface area contributed by atoms with Crippen molar-refractivity contribution < 1.29 is 10.2 Å². The summed E-state index contributed by atoms with van der Waals surface area (Å²) in [6.07, 6.45) is 2.26. The molecule has 4 aromatic rings. The Bertz CT molecular complexity index is 1330. The maximum absolute atomic E-state index is 13.2. The zero-order valence-electron chi connectivity index (χ0n) is 16.9. The SMILES string of the molecule is O=c1[nH]c2cc(O)c(O)cc2c(N[C@@H]2CN3CCC2CC3)c1-c1nc2ccccc2[nH]1. The van der Waals surface area contributed by atoms with Gasteiger partial charge in [0.2, 0.25) is 0 Å². The fourth-order valence-corrected chi connectivity index (χ4v) is 5.08. The molecule has 7 rings (SSSR count). The summed E-state index contributed by atoms with van der Waals surface area (Å²) in [7, 11) is 0. The normalized spacial score (nSPS) is 22.9. The number of hydrogen-bond donors (Lipinski definition) is 5. The minimum Gasteiger partial charge on any atom is -0.504 e. The topological polar surface area (TPSA) is 117 Å². The number of rotatable bonds is 3. The van der Waals surface area contributed by atoms with Crippen molar-refractivity contribution in [3.63, 3.8) is 0 Å². The first-order chi connectivity index (χ1) is 15.1. The Morgan fingerprint density at radius 1 is 1.03 bits per heavy atom. The largest absolute Gasteiger partial charge is 0.504 e. The summed E-state index contributed by atoms with van der Waals surface area (Å²) in [5.74, 6) is 0.509. The second-order valence-electron chi connectivity index (χ2n) is 8.58. The molecule has 1 atom stereocenters. The van der Waals surface area contributed by atoms with Gasteiger partial charge in [-0.3, -0.25) is 4.79 Å². The van der Waals surface area contributed by atoms with Crippen LogP contribution in [0.1, 0.15) is 12.8 Å². The Kier molecular flexibility index (Phi) is 3.97. The third kappa shape index (κ3) is 2.94. The molecule has 5 heterocycles. The lowest BCUT2D eigenvalue weighted by Crippen LogP contribution is -2.53. The number of nitrogens with one attached hydrogen (secondary N) is 3. The van der Waals surface area contributed by atoms with E-state index in [1.807, 2.05) is 24.3 Å². The summed E-state index contributed by atoms with van der Waals surface area (Å²) in [6, 6.07) is 10.7. The molecular formula is C23H23N5O3. The Morgan fingerprint density at radius 2 is 1.81 bits per heavy atom. The van der Waals surface area contributed by atoms with Gasteiger partial charge >= 0.3 is 0 Å². The Hall–Kier alpha value is -3.52. The van der Waals surface area contributed by atoms with Gasteiger partial charge in [-0.15, -0.1) is 0 Å². The van der Waals surface area contributed by atoms with Gasteiger partial charge in [-0.25, -0.2) is 4.98 Å². The number of hydrogen-bond acceptors (Lipinski definition) is 6. The van der Waals surface area contributed by atoms with E-state index in [0.29, 0.717) is 33.9 Å². The standard InChI is InChI=1S/C23H23N5O3/c29-18-9-13-16(10-19(18)30)27-23(31)20(22-25-14-3-1-2-4-15(14)26-22)21(13)24-17-11-28-7-5-12(17)6-8-28/h1-4,9-10,12,17,29-30H,5-8,11H2,(H,25,26)(H2,24,27,31)/t17-/m1/s1. The van der Waals surface area contributed by atoms with E-state index in [-0.39, 0.29) is 23.1 Å². The highest BCUT2D eigenvalue weighted by Gasteiger charge is 2.35. The summed E-state index contributed by atoms with van der Waals surface area (Å²) >= 11 is 0. The zero-order chi connectivity index (χ0) is 21.1. The van der Waals surface area contributed by atoms with E-state index in [1.54, 1.807) is 0 Å². The average Bonchev–Trinajstić information content (AvgIpc) is 3.20. The molecule has 0 unspecified atom stereocenters. The molecule has 2 bridgehead atoms. The number of aromatic nitrogens is 3. The van der Waals surface area contributed by atoms with Gasteiger partial charge in [0.15, 0.2) is 11.5 Å². The van der Waals surface area contributed by atoms with Crippen LogP contribution in [0.3, 0.4) is 0 Å². The van der Waals surface area contributed by atoms with Crippen molar-refractivity contribution in [2.45, 2.75) is 18.9 Å². The first-order valence-electron chi connectivity index (χ1n) is 10.6. The minimum absolute atomic E-state index is 0.201. The van der Waals surface area contributed by atoms with Crippen molar-refractivity contribution in [2.24, 2.45) is 5.92 Å². The van der Waals surface area contributed by atoms with Gasteiger partial charge in [-0.1, -0.05) is 12.1 Å². The van der Waals surface area contributed by atoms with Crippen LogP contribution in [0.2, 0.25) is 0 Å². The van der Waals surface area contributed by atoms with E-state index in [1.165, 1.54) is 12.1 Å². The van der Waals surface area contributed by atoms with Crippen molar-refractivity contribution >= 4 is 27.6 Å². The lowest BCUT2D eigenvalue weighted by atomic mass is 9.83. The van der Waals surface area contributed by atoms with Crippen LogP contribution in [0.4, 0.5) is 5.69 Å². The predicted molar refractivity (Wildman–Crippen MR) is 120 cm³/mol. The number of H-pyrrole nitrogens is 2. The van der Waals surface area contributed by atoms with Gasteiger partial charge in [0.25, 0.3) is 5.56 Å². The third-order valence-corrected chi connectivity index (χ3v) is 6.72. The van der Waals surface area contributed by atoms with Crippen molar-refractivity contribution in [1.82, 2.24) is 19.9 Å². The Balaban J connectivity index is 1.58. The van der Waals surface area contributed by atoms with Gasteiger partial charge in [0, 0.05) is 24.0 Å². The summed E-state index contributed by atoms with van der Waals surface area (Å²) < 4.78 is 0. The Morgan fingerprint density at radius 3 is 2.55 bits per heavy atom. The fraction of sp³-hybridized carbons (Fsp3) is 0.304. The number of phenolic OH excluding ortho intramolecular Hbond substituents is 2. The van der Waals surface area contributed by atoms with Crippen LogP contribution in [0.25, 0.3) is 33.3 Å². The van der Waals surface area contributed by atoms with E-state index in [4.69, 9.17) is 0 Å². The summed E-state index contributed by atoms with van der Waals surface area (Å²) in [5, 5.41) is 24.4. The molecule has 3 fully saturated rings. The Labute approximate surface area is 177 Å². The quantitative estimate of drug-likeness (QED) is 0.327. The monoisotopic (exact) mass is 417 g/mol. The third-order valence-electron chi connectivity index (χ3n) is 6.72. The van der Waals surface area contributed by atoms with Crippen LogP contribution < -0.4 is 10.9 Å². The number of piperidine rings is 3. The van der Waals surface area contributed by atoms with Crippen LogP contribution in [-0.2, 0) is 0 Å². The molecular weight excluding hydrogens is 394 g/mol. The van der Waals surface area contributed by atoms with Gasteiger partial charge in [-0.2, -0.15) is 0 Å². The van der Waals surface area contributed by atoms with Crippen molar-refractivity contribution in [3.05, 3.63) is 46.8 Å². The number of nitrogens with zero attached hydrogens (tertiary/aromatic N) is 2.